The largest absolute Gasteiger partial charge is 0.378 e. The Labute approximate surface area is 199 Å². The van der Waals surface area contributed by atoms with Gasteiger partial charge in [0.2, 0.25) is 0 Å². The summed E-state index contributed by atoms with van der Waals surface area (Å²) in [7, 11) is 0. The van der Waals surface area contributed by atoms with Crippen molar-refractivity contribution < 1.29 is 9.53 Å². The zero-order chi connectivity index (χ0) is 22.2. The van der Waals surface area contributed by atoms with Gasteiger partial charge in [0, 0.05) is 47.7 Å². The molecule has 5 heterocycles. The molecule has 172 valence electrons. The van der Waals surface area contributed by atoms with E-state index >= 15 is 0 Å². The van der Waals surface area contributed by atoms with Crippen molar-refractivity contribution in [1.29, 1.82) is 0 Å². The molecular weight excluding hydrogens is 430 g/mol. The minimum atomic E-state index is 0.0695. The number of hydrogen-bond donors (Lipinski definition) is 1. The molecule has 0 spiro atoms. The average Bonchev–Trinajstić information content (AvgIpc) is 3.33. The number of rotatable bonds is 5. The van der Waals surface area contributed by atoms with E-state index in [2.05, 4.69) is 63.6 Å². The van der Waals surface area contributed by atoms with Gasteiger partial charge in [0.15, 0.2) is 0 Å². The Kier molecular flexibility index (Phi) is 5.82. The first-order valence-electron chi connectivity index (χ1n) is 12.2. The molecule has 0 unspecified atom stereocenters. The van der Waals surface area contributed by atoms with Crippen LogP contribution in [0, 0.1) is 11.8 Å². The first kappa shape index (κ1) is 21.1. The van der Waals surface area contributed by atoms with Crippen LogP contribution in [0.1, 0.15) is 22.5 Å². The summed E-state index contributed by atoms with van der Waals surface area (Å²) >= 11 is 1.62. The number of hydrogen-bond acceptors (Lipinski definition) is 5. The van der Waals surface area contributed by atoms with Crippen LogP contribution in [-0.2, 0) is 4.74 Å². The van der Waals surface area contributed by atoms with Gasteiger partial charge >= 0.3 is 0 Å². The van der Waals surface area contributed by atoms with Crippen LogP contribution in [0.3, 0.4) is 0 Å². The highest BCUT2D eigenvalue weighted by Crippen LogP contribution is 2.39. The summed E-state index contributed by atoms with van der Waals surface area (Å²) < 4.78 is 6.75. The molecule has 4 aliphatic rings. The topological polar surface area (TPSA) is 44.8 Å². The van der Waals surface area contributed by atoms with Crippen LogP contribution in [0.5, 0.6) is 0 Å². The molecule has 7 rings (SSSR count). The molecule has 33 heavy (non-hydrogen) atoms. The molecule has 4 aliphatic heterocycles. The summed E-state index contributed by atoms with van der Waals surface area (Å²) in [6.07, 6.45) is 2.57. The third-order valence-corrected chi connectivity index (χ3v) is 8.81. The van der Waals surface area contributed by atoms with Crippen LogP contribution in [0.2, 0.25) is 0 Å². The molecule has 0 radical (unpaired) electrons. The van der Waals surface area contributed by atoms with Crippen molar-refractivity contribution in [3.8, 4) is 11.1 Å². The number of nitrogens with zero attached hydrogens (tertiary/aromatic N) is 2. The number of anilines is 1. The van der Waals surface area contributed by atoms with Gasteiger partial charge in [-0.2, -0.15) is 0 Å². The maximum Gasteiger partial charge on any atom is 0.261 e. The number of carbonyl (C=O) groups is 1. The molecule has 2 aromatic carbocycles. The Hall–Kier alpha value is -2.41. The molecule has 3 aromatic rings. The van der Waals surface area contributed by atoms with Gasteiger partial charge in [0.05, 0.1) is 18.1 Å². The molecule has 1 N–H and O–H groups in total. The third kappa shape index (κ3) is 4.16. The van der Waals surface area contributed by atoms with E-state index < -0.39 is 0 Å². The minimum Gasteiger partial charge on any atom is -0.378 e. The number of nitrogens with one attached hydrogen (secondary N) is 1. The number of benzene rings is 2. The van der Waals surface area contributed by atoms with Crippen molar-refractivity contribution in [2.24, 2.45) is 11.8 Å². The molecule has 0 aliphatic carbocycles. The van der Waals surface area contributed by atoms with Gasteiger partial charge in [-0.15, -0.1) is 11.3 Å². The molecule has 6 heteroatoms. The van der Waals surface area contributed by atoms with Gasteiger partial charge in [-0.25, -0.2) is 0 Å². The van der Waals surface area contributed by atoms with E-state index in [0.29, 0.717) is 5.92 Å². The van der Waals surface area contributed by atoms with Gasteiger partial charge in [0.1, 0.15) is 0 Å². The van der Waals surface area contributed by atoms with E-state index in [0.717, 1.165) is 55.6 Å². The van der Waals surface area contributed by atoms with Crippen LogP contribution >= 0.6 is 11.3 Å². The highest BCUT2D eigenvalue weighted by molar-refractivity contribution is 7.21. The predicted octanol–water partition coefficient (Wildman–Crippen LogP) is 4.48. The van der Waals surface area contributed by atoms with E-state index in [1.165, 1.54) is 47.4 Å². The lowest BCUT2D eigenvalue weighted by molar-refractivity contribution is 0.0497. The van der Waals surface area contributed by atoms with Crippen molar-refractivity contribution in [2.75, 3.05) is 57.4 Å². The summed E-state index contributed by atoms with van der Waals surface area (Å²) in [5.74, 6) is 1.45. The first-order valence-corrected chi connectivity index (χ1v) is 13.0. The number of thiophene rings is 1. The predicted molar refractivity (Wildman–Crippen MR) is 135 cm³/mol. The Balaban J connectivity index is 1.25. The Bertz CT molecular complexity index is 1150. The van der Waals surface area contributed by atoms with E-state index in [4.69, 9.17) is 4.74 Å². The molecule has 0 saturated carbocycles. The molecular formula is C27H31N3O2S. The number of carbonyl (C=O) groups excluding carboxylic acids is 1. The lowest BCUT2D eigenvalue weighted by Gasteiger charge is -2.44. The Morgan fingerprint density at radius 3 is 2.58 bits per heavy atom. The fourth-order valence-corrected chi connectivity index (χ4v) is 6.90. The highest BCUT2D eigenvalue weighted by Gasteiger charge is 2.34. The lowest BCUT2D eigenvalue weighted by atomic mass is 9.79. The maximum absolute atomic E-state index is 13.1. The van der Waals surface area contributed by atoms with E-state index in [-0.39, 0.29) is 5.91 Å². The second-order valence-electron chi connectivity index (χ2n) is 9.56. The monoisotopic (exact) mass is 461 g/mol. The smallest absolute Gasteiger partial charge is 0.261 e. The van der Waals surface area contributed by atoms with Gasteiger partial charge in [0.25, 0.3) is 5.91 Å². The zero-order valence-electron chi connectivity index (χ0n) is 19.0. The van der Waals surface area contributed by atoms with E-state index in [1.54, 1.807) is 11.3 Å². The number of piperidine rings is 3. The summed E-state index contributed by atoms with van der Waals surface area (Å²) in [4.78, 5) is 18.9. The molecule has 1 amide bonds. The SMILES string of the molecule is O=C(NC[C@H]1CN2CCC1CC2)c1cc2cccc(-c3ccccc3N3CCOCC3)c2s1. The molecule has 4 saturated heterocycles. The summed E-state index contributed by atoms with van der Waals surface area (Å²) in [6.45, 7) is 7.75. The number of amides is 1. The van der Waals surface area contributed by atoms with Crippen LogP contribution in [-0.4, -0.2) is 63.3 Å². The second kappa shape index (κ2) is 9.09. The van der Waals surface area contributed by atoms with Crippen molar-refractivity contribution in [1.82, 2.24) is 10.2 Å². The zero-order valence-corrected chi connectivity index (χ0v) is 19.8. The minimum absolute atomic E-state index is 0.0695. The van der Waals surface area contributed by atoms with Crippen LogP contribution in [0.15, 0.2) is 48.5 Å². The maximum atomic E-state index is 13.1. The summed E-state index contributed by atoms with van der Waals surface area (Å²) in [5.41, 5.74) is 3.68. The molecule has 5 nitrogen and oxygen atoms in total. The lowest BCUT2D eigenvalue weighted by Crippen LogP contribution is -2.50. The first-order chi connectivity index (χ1) is 16.3. The van der Waals surface area contributed by atoms with Crippen LogP contribution in [0.4, 0.5) is 5.69 Å². The fraction of sp³-hybridized carbons (Fsp3) is 0.444. The quantitative estimate of drug-likeness (QED) is 0.609. The van der Waals surface area contributed by atoms with Crippen molar-refractivity contribution in [2.45, 2.75) is 12.8 Å². The van der Waals surface area contributed by atoms with Gasteiger partial charge < -0.3 is 19.9 Å². The summed E-state index contributed by atoms with van der Waals surface area (Å²) in [5, 5.41) is 4.40. The fourth-order valence-electron chi connectivity index (χ4n) is 5.80. The standard InChI is InChI=1S/C27H31N3O2S/c31-27(28-17-21-18-29-10-8-19(21)9-11-29)25-16-20-4-3-6-23(26(20)33-25)22-5-1-2-7-24(22)30-12-14-32-15-13-30/h1-7,16,19,21H,8-15,17-18H2,(H,28,31)/t21-/m0/s1. The average molecular weight is 462 g/mol. The molecule has 1 aromatic heterocycles. The summed E-state index contributed by atoms with van der Waals surface area (Å²) in [6, 6.07) is 17.1. The number of morpholine rings is 1. The van der Waals surface area contributed by atoms with Crippen molar-refractivity contribution in [3.05, 3.63) is 53.4 Å². The van der Waals surface area contributed by atoms with E-state index in [9.17, 15) is 4.79 Å². The van der Waals surface area contributed by atoms with Crippen molar-refractivity contribution in [3.63, 3.8) is 0 Å². The van der Waals surface area contributed by atoms with Crippen LogP contribution in [0.25, 0.3) is 21.2 Å². The number of ether oxygens (including phenoxy) is 1. The van der Waals surface area contributed by atoms with E-state index in [1.807, 2.05) is 0 Å². The highest BCUT2D eigenvalue weighted by atomic mass is 32.1. The molecule has 2 bridgehead atoms. The number of fused-ring (bicyclic) bond motifs is 4. The van der Waals surface area contributed by atoms with Gasteiger partial charge in [-0.1, -0.05) is 36.4 Å². The second-order valence-corrected chi connectivity index (χ2v) is 10.6. The Morgan fingerprint density at radius 1 is 1.00 bits per heavy atom. The third-order valence-electron chi connectivity index (χ3n) is 7.63. The number of para-hydroxylation sites is 1. The molecule has 1 atom stereocenters. The van der Waals surface area contributed by atoms with Gasteiger partial charge in [-0.3, -0.25) is 4.79 Å². The Morgan fingerprint density at radius 2 is 1.79 bits per heavy atom. The van der Waals surface area contributed by atoms with Crippen LogP contribution < -0.4 is 10.2 Å². The van der Waals surface area contributed by atoms with Crippen molar-refractivity contribution >= 4 is 33.0 Å². The normalized spacial score (nSPS) is 24.8. The van der Waals surface area contributed by atoms with Gasteiger partial charge in [-0.05, 0) is 55.3 Å². The molecule has 4 fully saturated rings.